The molecular formula is C23H28N4OS. The van der Waals surface area contributed by atoms with Crippen LogP contribution in [0.2, 0.25) is 0 Å². The molecule has 2 bridgehead atoms. The van der Waals surface area contributed by atoms with Crippen molar-refractivity contribution in [2.45, 2.75) is 50.6 Å². The molecule has 2 aromatic rings. The summed E-state index contributed by atoms with van der Waals surface area (Å²) in [7, 11) is 0. The number of rotatable bonds is 2. The van der Waals surface area contributed by atoms with Crippen LogP contribution in [0, 0.1) is 11.8 Å². The molecule has 3 saturated heterocycles. The summed E-state index contributed by atoms with van der Waals surface area (Å²) in [4.78, 5) is 19.5. The zero-order chi connectivity index (χ0) is 19.4. The van der Waals surface area contributed by atoms with Crippen LogP contribution in [0.5, 0.6) is 0 Å². The average molecular weight is 409 g/mol. The number of thiophene rings is 1. The van der Waals surface area contributed by atoms with Crippen molar-refractivity contribution in [3.8, 4) is 10.6 Å². The lowest BCUT2D eigenvalue weighted by atomic mass is 9.68. The molecule has 5 nitrogen and oxygen atoms in total. The molecule has 6 rings (SSSR count). The van der Waals surface area contributed by atoms with Gasteiger partial charge in [0.25, 0.3) is 5.91 Å². The lowest BCUT2D eigenvalue weighted by Gasteiger charge is -2.54. The van der Waals surface area contributed by atoms with Crippen molar-refractivity contribution in [3.05, 3.63) is 40.9 Å². The number of aromatic nitrogens is 2. The normalized spacial score (nSPS) is 31.7. The van der Waals surface area contributed by atoms with Crippen LogP contribution < -0.4 is 0 Å². The van der Waals surface area contributed by atoms with E-state index in [2.05, 4.69) is 37.5 Å². The highest BCUT2D eigenvalue weighted by atomic mass is 32.1. The quantitative estimate of drug-likeness (QED) is 0.759. The summed E-state index contributed by atoms with van der Waals surface area (Å²) in [6.07, 6.45) is 10.1. The molecular weight excluding hydrogens is 380 g/mol. The van der Waals surface area contributed by atoms with Crippen LogP contribution in [-0.2, 0) is 0 Å². The van der Waals surface area contributed by atoms with E-state index in [4.69, 9.17) is 0 Å². The van der Waals surface area contributed by atoms with E-state index >= 15 is 0 Å². The van der Waals surface area contributed by atoms with Gasteiger partial charge in [-0.3, -0.25) is 14.8 Å². The van der Waals surface area contributed by atoms with Crippen LogP contribution in [0.15, 0.2) is 35.2 Å². The molecule has 0 radical (unpaired) electrons. The minimum absolute atomic E-state index is 0.0962. The molecule has 5 heterocycles. The average Bonchev–Trinajstić information content (AvgIpc) is 3.45. The van der Waals surface area contributed by atoms with E-state index in [-0.39, 0.29) is 11.9 Å². The summed E-state index contributed by atoms with van der Waals surface area (Å²) in [5.74, 6) is 1.37. The van der Waals surface area contributed by atoms with Gasteiger partial charge in [-0.2, -0.15) is 5.10 Å². The Bertz CT molecular complexity index is 933. The number of likely N-dealkylation sites (tertiary alicyclic amines) is 1. The molecule has 6 heteroatoms. The molecule has 0 spiro atoms. The third-order valence-corrected chi connectivity index (χ3v) is 8.40. The first-order chi connectivity index (χ1) is 14.3. The molecule has 1 aliphatic carbocycles. The molecule has 2 aromatic heterocycles. The van der Waals surface area contributed by atoms with E-state index in [1.54, 1.807) is 11.3 Å². The smallest absolute Gasteiger partial charge is 0.274 e. The summed E-state index contributed by atoms with van der Waals surface area (Å²) >= 11 is 1.67. The molecule has 0 unspecified atom stereocenters. The van der Waals surface area contributed by atoms with E-state index in [0.29, 0.717) is 17.5 Å². The number of carbonyl (C=O) groups excluding carboxylic acids is 1. The SMILES string of the molecule is O=C(c1cc(-c2cccs2)[nH]n1)N1CCCC2=C[C@H]3C[C@@H](CN4CCCC[C@H]34)[C@@H]21. The number of fused-ring (bicyclic) bond motifs is 6. The van der Waals surface area contributed by atoms with Gasteiger partial charge in [0.15, 0.2) is 5.69 Å². The Balaban J connectivity index is 1.29. The molecule has 3 fully saturated rings. The second kappa shape index (κ2) is 7.10. The summed E-state index contributed by atoms with van der Waals surface area (Å²) in [6, 6.07) is 7.04. The molecule has 29 heavy (non-hydrogen) atoms. The summed E-state index contributed by atoms with van der Waals surface area (Å²) in [5, 5.41) is 9.51. The number of hydrogen-bond acceptors (Lipinski definition) is 4. The Morgan fingerprint density at radius 1 is 1.24 bits per heavy atom. The fraction of sp³-hybridized carbons (Fsp3) is 0.565. The number of aromatic amines is 1. The van der Waals surface area contributed by atoms with Crippen molar-refractivity contribution in [1.29, 1.82) is 0 Å². The summed E-state index contributed by atoms with van der Waals surface area (Å²) in [6.45, 7) is 3.26. The largest absolute Gasteiger partial charge is 0.330 e. The van der Waals surface area contributed by atoms with E-state index in [1.165, 1.54) is 37.8 Å². The van der Waals surface area contributed by atoms with Crippen LogP contribution in [-0.4, -0.2) is 57.6 Å². The zero-order valence-corrected chi connectivity index (χ0v) is 17.5. The highest BCUT2D eigenvalue weighted by Crippen LogP contribution is 2.45. The van der Waals surface area contributed by atoms with Gasteiger partial charge in [0.1, 0.15) is 0 Å². The number of hydrogen-bond donors (Lipinski definition) is 1. The van der Waals surface area contributed by atoms with Crippen molar-refractivity contribution < 1.29 is 4.79 Å². The molecule has 4 aliphatic rings. The number of amides is 1. The van der Waals surface area contributed by atoms with Crippen LogP contribution in [0.3, 0.4) is 0 Å². The van der Waals surface area contributed by atoms with Gasteiger partial charge >= 0.3 is 0 Å². The number of nitrogens with one attached hydrogen (secondary N) is 1. The first-order valence-electron chi connectivity index (χ1n) is 11.1. The molecule has 1 amide bonds. The second-order valence-electron chi connectivity index (χ2n) is 9.15. The monoisotopic (exact) mass is 408 g/mol. The predicted molar refractivity (Wildman–Crippen MR) is 115 cm³/mol. The minimum atomic E-state index is 0.0962. The highest BCUT2D eigenvalue weighted by molar-refractivity contribution is 7.13. The fourth-order valence-corrected chi connectivity index (χ4v) is 7.03. The highest BCUT2D eigenvalue weighted by Gasteiger charge is 2.47. The molecule has 0 aromatic carbocycles. The lowest BCUT2D eigenvalue weighted by Crippen LogP contribution is -2.60. The van der Waals surface area contributed by atoms with Crippen molar-refractivity contribution in [1.82, 2.24) is 20.0 Å². The van der Waals surface area contributed by atoms with E-state index in [1.807, 2.05) is 12.1 Å². The Morgan fingerprint density at radius 3 is 3.10 bits per heavy atom. The van der Waals surface area contributed by atoms with Gasteiger partial charge in [0.05, 0.1) is 16.6 Å². The first-order valence-corrected chi connectivity index (χ1v) is 12.0. The van der Waals surface area contributed by atoms with Gasteiger partial charge < -0.3 is 4.90 Å². The van der Waals surface area contributed by atoms with Crippen molar-refractivity contribution in [2.75, 3.05) is 19.6 Å². The Kier molecular flexibility index (Phi) is 4.38. The molecule has 0 saturated carbocycles. The van der Waals surface area contributed by atoms with Crippen LogP contribution in [0.1, 0.15) is 49.0 Å². The topological polar surface area (TPSA) is 52.2 Å². The first kappa shape index (κ1) is 17.9. The minimum Gasteiger partial charge on any atom is -0.330 e. The van der Waals surface area contributed by atoms with Crippen LogP contribution in [0.4, 0.5) is 0 Å². The summed E-state index contributed by atoms with van der Waals surface area (Å²) in [5.41, 5.74) is 3.03. The third-order valence-electron chi connectivity index (χ3n) is 7.50. The van der Waals surface area contributed by atoms with Gasteiger partial charge in [0.2, 0.25) is 0 Å². The van der Waals surface area contributed by atoms with Crippen LogP contribution in [0.25, 0.3) is 10.6 Å². The summed E-state index contributed by atoms with van der Waals surface area (Å²) < 4.78 is 0. The van der Waals surface area contributed by atoms with Crippen molar-refractivity contribution >= 4 is 17.2 Å². The molecule has 4 atom stereocenters. The van der Waals surface area contributed by atoms with E-state index < -0.39 is 0 Å². The van der Waals surface area contributed by atoms with Crippen LogP contribution >= 0.6 is 11.3 Å². The zero-order valence-electron chi connectivity index (χ0n) is 16.7. The lowest BCUT2D eigenvalue weighted by molar-refractivity contribution is 0.00131. The van der Waals surface area contributed by atoms with Gasteiger partial charge in [-0.25, -0.2) is 0 Å². The number of nitrogens with zero attached hydrogens (tertiary/aromatic N) is 3. The van der Waals surface area contributed by atoms with Crippen molar-refractivity contribution in [2.24, 2.45) is 11.8 Å². The number of carbonyl (C=O) groups is 1. The van der Waals surface area contributed by atoms with Gasteiger partial charge in [-0.15, -0.1) is 11.3 Å². The predicted octanol–water partition coefficient (Wildman–Crippen LogP) is 4.17. The Hall–Kier alpha value is -1.92. The van der Waals surface area contributed by atoms with E-state index in [0.717, 1.165) is 42.5 Å². The Labute approximate surface area is 175 Å². The molecule has 1 N–H and O–H groups in total. The number of piperidine rings is 3. The maximum absolute atomic E-state index is 13.5. The Morgan fingerprint density at radius 2 is 2.21 bits per heavy atom. The van der Waals surface area contributed by atoms with Gasteiger partial charge in [0, 0.05) is 19.1 Å². The van der Waals surface area contributed by atoms with E-state index in [9.17, 15) is 4.79 Å². The maximum atomic E-state index is 13.5. The standard InChI is InChI=1S/C23H28N4OS/c28-23(19-13-18(24-25-19)21-7-4-10-29-21)27-9-3-5-15-11-16-12-17(22(15)27)14-26-8-2-1-6-20(16)26/h4,7,10-11,13,16-17,20,22H,1-3,5-6,8-9,12,14H2,(H,24,25)/t16-,17-,20+,22+/m0/s1. The van der Waals surface area contributed by atoms with Gasteiger partial charge in [-0.1, -0.05) is 24.1 Å². The fourth-order valence-electron chi connectivity index (χ4n) is 6.34. The third kappa shape index (κ3) is 2.99. The van der Waals surface area contributed by atoms with Crippen molar-refractivity contribution in [3.63, 3.8) is 0 Å². The molecule has 152 valence electrons. The maximum Gasteiger partial charge on any atom is 0.274 e. The number of H-pyrrole nitrogens is 1. The molecule has 3 aliphatic heterocycles. The van der Waals surface area contributed by atoms with Gasteiger partial charge in [-0.05, 0) is 68.0 Å². The second-order valence-corrected chi connectivity index (χ2v) is 10.1.